The summed E-state index contributed by atoms with van der Waals surface area (Å²) in [7, 11) is 0. The van der Waals surface area contributed by atoms with E-state index in [4.69, 9.17) is 4.74 Å². The maximum atomic E-state index is 12.4. The highest BCUT2D eigenvalue weighted by Gasteiger charge is 2.26. The van der Waals surface area contributed by atoms with Crippen LogP contribution in [0.4, 0.5) is 0 Å². The summed E-state index contributed by atoms with van der Waals surface area (Å²) in [6.07, 6.45) is 3.03. The van der Waals surface area contributed by atoms with Crippen molar-refractivity contribution in [2.24, 2.45) is 5.92 Å². The number of likely N-dealkylation sites (tertiary alicyclic amines) is 1. The lowest BCUT2D eigenvalue weighted by atomic mass is 9.97. The standard InChI is InChI=1S/C16H24N4O3/c1-2-23-16(22)13-3-7-19(8-4-13)12-14(11-17)15(21)20-9-5-18-6-10-20/h12-13,18H,2-10H2,1H3/b14-12-. The molecule has 1 N–H and O–H groups in total. The Morgan fingerprint density at radius 3 is 2.48 bits per heavy atom. The lowest BCUT2D eigenvalue weighted by Gasteiger charge is -2.31. The van der Waals surface area contributed by atoms with E-state index in [0.717, 1.165) is 13.1 Å². The van der Waals surface area contributed by atoms with Crippen molar-refractivity contribution in [2.45, 2.75) is 19.8 Å². The summed E-state index contributed by atoms with van der Waals surface area (Å²) in [5.41, 5.74) is 0.168. The van der Waals surface area contributed by atoms with Crippen molar-refractivity contribution in [3.05, 3.63) is 11.8 Å². The first-order chi connectivity index (χ1) is 11.2. The Hall–Kier alpha value is -2.07. The average Bonchev–Trinajstić information content (AvgIpc) is 2.60. The van der Waals surface area contributed by atoms with Gasteiger partial charge in [-0.3, -0.25) is 9.59 Å². The maximum absolute atomic E-state index is 12.4. The minimum atomic E-state index is -0.207. The number of piperazine rings is 1. The first kappa shape index (κ1) is 17.3. The van der Waals surface area contributed by atoms with Gasteiger partial charge in [0.1, 0.15) is 11.6 Å². The summed E-state index contributed by atoms with van der Waals surface area (Å²) < 4.78 is 5.04. The summed E-state index contributed by atoms with van der Waals surface area (Å²) in [6.45, 7) is 6.29. The molecule has 0 aromatic rings. The van der Waals surface area contributed by atoms with Crippen LogP contribution in [0.25, 0.3) is 0 Å². The van der Waals surface area contributed by atoms with Gasteiger partial charge >= 0.3 is 5.97 Å². The van der Waals surface area contributed by atoms with Crippen molar-refractivity contribution in [2.75, 3.05) is 45.9 Å². The lowest BCUT2D eigenvalue weighted by molar-refractivity contribution is -0.149. The van der Waals surface area contributed by atoms with Crippen LogP contribution in [0.5, 0.6) is 0 Å². The van der Waals surface area contributed by atoms with Crippen LogP contribution in [0.3, 0.4) is 0 Å². The van der Waals surface area contributed by atoms with E-state index in [1.807, 2.05) is 11.0 Å². The molecule has 1 amide bonds. The minimum Gasteiger partial charge on any atom is -0.466 e. The first-order valence-corrected chi connectivity index (χ1v) is 8.18. The Morgan fingerprint density at radius 1 is 1.26 bits per heavy atom. The minimum absolute atomic E-state index is 0.0750. The number of piperidine rings is 1. The third-order valence-electron chi connectivity index (χ3n) is 4.22. The Morgan fingerprint density at radius 2 is 1.91 bits per heavy atom. The van der Waals surface area contributed by atoms with Gasteiger partial charge in [0.2, 0.25) is 0 Å². The van der Waals surface area contributed by atoms with Gasteiger partial charge in [-0.1, -0.05) is 0 Å². The summed E-state index contributed by atoms with van der Waals surface area (Å²) in [5, 5.41) is 12.5. The van der Waals surface area contributed by atoms with Gasteiger partial charge in [0.25, 0.3) is 5.91 Å². The topological polar surface area (TPSA) is 85.7 Å². The molecular weight excluding hydrogens is 296 g/mol. The van der Waals surface area contributed by atoms with E-state index in [-0.39, 0.29) is 23.4 Å². The molecule has 0 radical (unpaired) electrons. The van der Waals surface area contributed by atoms with E-state index in [1.165, 1.54) is 0 Å². The third-order valence-corrected chi connectivity index (χ3v) is 4.22. The number of hydrogen-bond acceptors (Lipinski definition) is 6. The molecule has 2 saturated heterocycles. The molecule has 2 aliphatic rings. The molecule has 0 aliphatic carbocycles. The zero-order chi connectivity index (χ0) is 16.7. The van der Waals surface area contributed by atoms with E-state index in [9.17, 15) is 14.9 Å². The predicted octanol–water partition coefficient (Wildman–Crippen LogP) is 0.101. The second-order valence-corrected chi connectivity index (χ2v) is 5.76. The number of carbonyl (C=O) groups excluding carboxylic acids is 2. The fraction of sp³-hybridized carbons (Fsp3) is 0.688. The molecule has 2 heterocycles. The lowest BCUT2D eigenvalue weighted by Crippen LogP contribution is -2.47. The Balaban J connectivity index is 1.91. The maximum Gasteiger partial charge on any atom is 0.309 e. The van der Waals surface area contributed by atoms with E-state index in [0.29, 0.717) is 45.6 Å². The first-order valence-electron chi connectivity index (χ1n) is 8.18. The average molecular weight is 320 g/mol. The number of carbonyl (C=O) groups is 2. The van der Waals surface area contributed by atoms with Crippen LogP contribution < -0.4 is 5.32 Å². The van der Waals surface area contributed by atoms with Crippen LogP contribution in [-0.4, -0.2) is 67.6 Å². The number of nitriles is 1. The van der Waals surface area contributed by atoms with Gasteiger partial charge in [0, 0.05) is 45.5 Å². The Kier molecular flexibility index (Phi) is 6.41. The zero-order valence-electron chi connectivity index (χ0n) is 13.6. The van der Waals surface area contributed by atoms with E-state index < -0.39 is 0 Å². The number of esters is 1. The number of amides is 1. The molecule has 0 bridgehead atoms. The number of hydrogen-bond donors (Lipinski definition) is 1. The summed E-state index contributed by atoms with van der Waals surface area (Å²) in [5.74, 6) is -0.427. The molecule has 2 aliphatic heterocycles. The summed E-state index contributed by atoms with van der Waals surface area (Å²) >= 11 is 0. The van der Waals surface area contributed by atoms with Crippen LogP contribution in [-0.2, 0) is 14.3 Å². The molecule has 126 valence electrons. The summed E-state index contributed by atoms with van der Waals surface area (Å²) in [4.78, 5) is 27.7. The molecule has 7 heteroatoms. The van der Waals surface area contributed by atoms with Crippen LogP contribution in [0.2, 0.25) is 0 Å². The van der Waals surface area contributed by atoms with Gasteiger partial charge in [0.15, 0.2) is 0 Å². The highest BCUT2D eigenvalue weighted by atomic mass is 16.5. The second-order valence-electron chi connectivity index (χ2n) is 5.76. The summed E-state index contributed by atoms with van der Waals surface area (Å²) in [6, 6.07) is 2.02. The Labute approximate surface area is 136 Å². The zero-order valence-corrected chi connectivity index (χ0v) is 13.6. The molecule has 0 atom stereocenters. The van der Waals surface area contributed by atoms with E-state index in [1.54, 1.807) is 18.0 Å². The van der Waals surface area contributed by atoms with Gasteiger partial charge in [-0.25, -0.2) is 0 Å². The van der Waals surface area contributed by atoms with Crippen LogP contribution >= 0.6 is 0 Å². The van der Waals surface area contributed by atoms with Crippen LogP contribution in [0, 0.1) is 17.2 Å². The Bertz CT molecular complexity index is 498. The smallest absolute Gasteiger partial charge is 0.309 e. The molecule has 0 spiro atoms. The van der Waals surface area contributed by atoms with Crippen molar-refractivity contribution in [3.8, 4) is 6.07 Å². The third kappa shape index (κ3) is 4.70. The van der Waals surface area contributed by atoms with Gasteiger partial charge < -0.3 is 19.9 Å². The van der Waals surface area contributed by atoms with Gasteiger partial charge in [-0.15, -0.1) is 0 Å². The quantitative estimate of drug-likeness (QED) is 0.449. The van der Waals surface area contributed by atoms with Gasteiger partial charge in [-0.05, 0) is 19.8 Å². The van der Waals surface area contributed by atoms with Crippen molar-refractivity contribution >= 4 is 11.9 Å². The molecule has 7 nitrogen and oxygen atoms in total. The van der Waals surface area contributed by atoms with E-state index in [2.05, 4.69) is 5.32 Å². The van der Waals surface area contributed by atoms with Crippen molar-refractivity contribution in [1.82, 2.24) is 15.1 Å². The van der Waals surface area contributed by atoms with Gasteiger partial charge in [-0.2, -0.15) is 5.26 Å². The molecule has 0 aromatic carbocycles. The normalized spacial score (nSPS) is 20.1. The number of nitrogens with zero attached hydrogens (tertiary/aromatic N) is 3. The molecule has 2 rings (SSSR count). The van der Waals surface area contributed by atoms with Crippen LogP contribution in [0.15, 0.2) is 11.8 Å². The highest BCUT2D eigenvalue weighted by Crippen LogP contribution is 2.19. The molecular formula is C16H24N4O3. The van der Waals surface area contributed by atoms with Crippen molar-refractivity contribution < 1.29 is 14.3 Å². The second kappa shape index (κ2) is 8.53. The highest BCUT2D eigenvalue weighted by molar-refractivity contribution is 5.97. The van der Waals surface area contributed by atoms with Gasteiger partial charge in [0.05, 0.1) is 12.5 Å². The monoisotopic (exact) mass is 320 g/mol. The molecule has 0 saturated carbocycles. The largest absolute Gasteiger partial charge is 0.466 e. The molecule has 2 fully saturated rings. The number of rotatable bonds is 4. The van der Waals surface area contributed by atoms with Crippen molar-refractivity contribution in [1.29, 1.82) is 5.26 Å². The predicted molar refractivity (Wildman–Crippen MR) is 84.1 cm³/mol. The fourth-order valence-corrected chi connectivity index (χ4v) is 2.88. The SMILES string of the molecule is CCOC(=O)C1CCN(/C=C(/C#N)C(=O)N2CCNCC2)CC1. The number of ether oxygens (including phenoxy) is 1. The molecule has 23 heavy (non-hydrogen) atoms. The van der Waals surface area contributed by atoms with E-state index >= 15 is 0 Å². The molecule has 0 unspecified atom stereocenters. The number of nitrogens with one attached hydrogen (secondary N) is 1. The van der Waals surface area contributed by atoms with Crippen LogP contribution in [0.1, 0.15) is 19.8 Å². The molecule has 0 aromatic heterocycles. The van der Waals surface area contributed by atoms with Crippen molar-refractivity contribution in [3.63, 3.8) is 0 Å². The fourth-order valence-electron chi connectivity index (χ4n) is 2.88.